The molecule has 4 heteroatoms. The molecule has 0 aromatic carbocycles. The Hall–Kier alpha value is 1.77. The second-order valence-corrected chi connectivity index (χ2v) is 0. The van der Waals surface area contributed by atoms with E-state index in [4.69, 9.17) is 3.40 Å². The number of hydrogen-bond donors (Lipinski definition) is 0. The van der Waals surface area contributed by atoms with E-state index in [0.717, 1.165) is 0 Å². The summed E-state index contributed by atoms with van der Waals surface area (Å²) in [6.45, 7) is 0. The van der Waals surface area contributed by atoms with Crippen molar-refractivity contribution in [3.05, 3.63) is 0 Å². The first kappa shape index (κ1) is 17.1. The summed E-state index contributed by atoms with van der Waals surface area (Å²) in [7, 11) is 0. The summed E-state index contributed by atoms with van der Waals surface area (Å²) in [6.07, 6.45) is 0. The third-order valence-corrected chi connectivity index (χ3v) is 0. The van der Waals surface area contributed by atoms with Gasteiger partial charge < -0.3 is 0 Å². The van der Waals surface area contributed by atoms with Crippen molar-refractivity contribution >= 4 is 18.9 Å². The molecule has 0 heterocycles. The maximum absolute atomic E-state index is 8.33. The molecule has 0 N–H and O–H groups in total. The van der Waals surface area contributed by atoms with E-state index in [1.165, 1.54) is 0 Å². The molecule has 0 unspecified atom stereocenters. The van der Waals surface area contributed by atoms with Crippen LogP contribution in [0.2, 0.25) is 0 Å². The monoisotopic (exact) mass is 306 g/mol. The molecule has 0 aliphatic rings. The minimum atomic E-state index is 0. The number of rotatable bonds is 0. The van der Waals surface area contributed by atoms with E-state index in [1.807, 2.05) is 0 Å². The van der Waals surface area contributed by atoms with Gasteiger partial charge in [0.05, 0.1) is 0 Å². The predicted octanol–water partition coefficient (Wildman–Crippen LogP) is -0.772. The topological polar surface area (TPSA) is 17.1 Å². The summed E-state index contributed by atoms with van der Waals surface area (Å²) < 4.78 is 8.33. The van der Waals surface area contributed by atoms with Crippen LogP contribution in [0.3, 0.4) is 0 Å². The Bertz CT molecular complexity index is 8.00. The summed E-state index contributed by atoms with van der Waals surface area (Å²) in [4.78, 5) is 0. The van der Waals surface area contributed by atoms with Crippen LogP contribution >= 0.6 is 0 Å². The summed E-state index contributed by atoms with van der Waals surface area (Å²) >= 11 is 0.333. The third kappa shape index (κ3) is 9.23. The second kappa shape index (κ2) is 21.6. The number of hydrogen-bond acceptors (Lipinski definition) is 1. The van der Waals surface area contributed by atoms with E-state index in [9.17, 15) is 0 Å². The maximum atomic E-state index is 8.33. The Labute approximate surface area is 62.6 Å². The molecule has 1 nitrogen and oxygen atoms in total. The average Bonchev–Trinajstić information content (AvgIpc) is 1.00. The van der Waals surface area contributed by atoms with Gasteiger partial charge in [-0.2, -0.15) is 0 Å². The molecule has 0 bridgehead atoms. The summed E-state index contributed by atoms with van der Waals surface area (Å²) in [5.41, 5.74) is 0. The van der Waals surface area contributed by atoms with Crippen LogP contribution in [0.25, 0.3) is 0 Å². The van der Waals surface area contributed by atoms with Crippen LogP contribution in [0.15, 0.2) is 0 Å². The third-order valence-electron chi connectivity index (χ3n) is 0. The first-order valence-corrected chi connectivity index (χ1v) is 1.36. The van der Waals surface area contributed by atoms with Gasteiger partial charge in [0, 0.05) is 21.1 Å². The van der Waals surface area contributed by atoms with Crippen LogP contribution in [-0.4, -0.2) is 18.9 Å². The van der Waals surface area contributed by atoms with Gasteiger partial charge in [-0.1, -0.05) is 0 Å². The molecule has 0 radical (unpaired) electrons. The Morgan fingerprint density at radius 3 is 1.25 bits per heavy atom. The minimum absolute atomic E-state index is 0. The van der Waals surface area contributed by atoms with Crippen molar-refractivity contribution in [2.45, 2.75) is 0 Å². The molecule has 0 atom stereocenters. The van der Waals surface area contributed by atoms with Crippen LogP contribution in [0.5, 0.6) is 0 Å². The van der Waals surface area contributed by atoms with Crippen LogP contribution < -0.4 is 0 Å². The van der Waals surface area contributed by atoms with E-state index < -0.39 is 0 Å². The van der Waals surface area contributed by atoms with Crippen molar-refractivity contribution < 1.29 is 44.2 Å². The molecule has 4 heavy (non-hydrogen) atoms. The zero-order valence-corrected chi connectivity index (χ0v) is 6.17. The molecule has 0 spiro atoms. The van der Waals surface area contributed by atoms with E-state index in [0.29, 0.717) is 19.8 Å². The van der Waals surface area contributed by atoms with E-state index >= 15 is 0 Å². The Balaban J connectivity index is -0.00000000500. The Morgan fingerprint density at radius 1 is 1.25 bits per heavy atom. The summed E-state index contributed by atoms with van der Waals surface area (Å²) in [6, 6.07) is 0. The van der Waals surface area contributed by atoms with Gasteiger partial charge in [-0.3, -0.25) is 0 Å². The quantitative estimate of drug-likeness (QED) is 0.537. The average molecular weight is 304 g/mol. The summed E-state index contributed by atoms with van der Waals surface area (Å²) in [5, 5.41) is 0. The molecule has 0 aliphatic heterocycles. The van der Waals surface area contributed by atoms with Crippen molar-refractivity contribution in [1.29, 1.82) is 0 Å². The molecule has 0 aliphatic carbocycles. The van der Waals surface area contributed by atoms with Gasteiger partial charge in [-0.15, -0.1) is 0 Å². The fourth-order valence-corrected chi connectivity index (χ4v) is 0. The first-order valence-electron chi connectivity index (χ1n) is 0.167. The first-order chi connectivity index (χ1) is 1.00. The molecule has 0 saturated carbocycles. The van der Waals surface area contributed by atoms with Crippen molar-refractivity contribution in [1.82, 2.24) is 0 Å². The molecular formula is HLiMoOW. The van der Waals surface area contributed by atoms with E-state index in [-0.39, 0.29) is 39.9 Å². The SMILES string of the molecule is [LiH].[Mo].[O]=[W]. The van der Waals surface area contributed by atoms with Crippen LogP contribution in [0.1, 0.15) is 0 Å². The molecule has 0 fully saturated rings. The fourth-order valence-electron chi connectivity index (χ4n) is 0. The van der Waals surface area contributed by atoms with Gasteiger partial charge in [0.2, 0.25) is 0 Å². The molecule has 0 rings (SSSR count). The molecule has 0 saturated heterocycles. The molecule has 0 aromatic rings. The zero-order valence-electron chi connectivity index (χ0n) is 1.22. The van der Waals surface area contributed by atoms with Crippen molar-refractivity contribution in [3.8, 4) is 0 Å². The molecule has 0 aromatic heterocycles. The van der Waals surface area contributed by atoms with Crippen molar-refractivity contribution in [2.75, 3.05) is 0 Å². The van der Waals surface area contributed by atoms with Gasteiger partial charge in [-0.05, 0) is 0 Å². The molecular weight excluding hydrogens is 303 g/mol. The van der Waals surface area contributed by atoms with Crippen molar-refractivity contribution in [3.63, 3.8) is 0 Å². The predicted molar refractivity (Wildman–Crippen MR) is 7.84 cm³/mol. The van der Waals surface area contributed by atoms with Gasteiger partial charge in [0.1, 0.15) is 0 Å². The van der Waals surface area contributed by atoms with Gasteiger partial charge in [0.15, 0.2) is 0 Å². The summed E-state index contributed by atoms with van der Waals surface area (Å²) in [5.74, 6) is 0. The Kier molecular flexibility index (Phi) is 92.4. The van der Waals surface area contributed by atoms with Gasteiger partial charge in [-0.25, -0.2) is 0 Å². The molecule has 20 valence electrons. The standard InChI is InChI=1S/Li.Mo.O.W.H. The zero-order chi connectivity index (χ0) is 2.00. The van der Waals surface area contributed by atoms with Gasteiger partial charge in [0.25, 0.3) is 0 Å². The van der Waals surface area contributed by atoms with Crippen molar-refractivity contribution in [2.24, 2.45) is 0 Å². The Morgan fingerprint density at radius 2 is 1.25 bits per heavy atom. The van der Waals surface area contributed by atoms with Crippen LogP contribution in [0, 0.1) is 0 Å². The normalized spacial score (nSPS) is 1.00. The van der Waals surface area contributed by atoms with E-state index in [1.54, 1.807) is 0 Å². The van der Waals surface area contributed by atoms with Crippen LogP contribution in [-0.2, 0) is 44.2 Å². The van der Waals surface area contributed by atoms with Gasteiger partial charge >= 0.3 is 42.0 Å². The van der Waals surface area contributed by atoms with Crippen LogP contribution in [0.4, 0.5) is 0 Å². The second-order valence-electron chi connectivity index (χ2n) is 0. The fraction of sp³-hybridized carbons (Fsp3) is 0. The molecule has 0 amide bonds. The van der Waals surface area contributed by atoms with E-state index in [2.05, 4.69) is 0 Å².